The fourth-order valence-electron chi connectivity index (χ4n) is 2.61. The van der Waals surface area contributed by atoms with E-state index in [2.05, 4.69) is 59.0 Å². The van der Waals surface area contributed by atoms with Crippen molar-refractivity contribution in [2.24, 2.45) is 4.99 Å². The standard InChI is InChI=1S/C17H30N4S2/c1-13(21-8-6-15-14(11-21)7-9-23-15)10-19-16(18-4)20-12-17(2,3)22-5/h7,9,13H,6,8,10-12H2,1-5H3,(H2,18,19,20). The first-order valence-electron chi connectivity index (χ1n) is 8.24. The second-order valence-corrected chi connectivity index (χ2v) is 9.22. The Hall–Kier alpha value is -0.720. The van der Waals surface area contributed by atoms with Crippen molar-refractivity contribution in [3.8, 4) is 0 Å². The lowest BCUT2D eigenvalue weighted by molar-refractivity contribution is 0.192. The quantitative estimate of drug-likeness (QED) is 0.609. The number of thiophene rings is 1. The van der Waals surface area contributed by atoms with Gasteiger partial charge >= 0.3 is 0 Å². The number of nitrogens with zero attached hydrogens (tertiary/aromatic N) is 2. The average molecular weight is 355 g/mol. The predicted octanol–water partition coefficient (Wildman–Crippen LogP) is 2.80. The summed E-state index contributed by atoms with van der Waals surface area (Å²) in [7, 11) is 1.84. The van der Waals surface area contributed by atoms with Crippen LogP contribution in [0.3, 0.4) is 0 Å². The normalized spacial score (nSPS) is 17.7. The molecule has 4 nitrogen and oxygen atoms in total. The molecule has 23 heavy (non-hydrogen) atoms. The topological polar surface area (TPSA) is 39.7 Å². The minimum atomic E-state index is 0.214. The monoisotopic (exact) mass is 354 g/mol. The van der Waals surface area contributed by atoms with Gasteiger partial charge < -0.3 is 10.6 Å². The molecule has 6 heteroatoms. The van der Waals surface area contributed by atoms with Crippen molar-refractivity contribution in [2.75, 3.05) is 32.9 Å². The van der Waals surface area contributed by atoms with Gasteiger partial charge in [0.2, 0.25) is 0 Å². The van der Waals surface area contributed by atoms with Gasteiger partial charge in [0.1, 0.15) is 0 Å². The molecule has 1 aliphatic heterocycles. The van der Waals surface area contributed by atoms with Crippen LogP contribution >= 0.6 is 23.1 Å². The molecule has 0 bridgehead atoms. The summed E-state index contributed by atoms with van der Waals surface area (Å²) >= 11 is 3.77. The summed E-state index contributed by atoms with van der Waals surface area (Å²) in [6.45, 7) is 10.8. The Bertz CT molecular complexity index is 524. The second kappa shape index (κ2) is 8.40. The van der Waals surface area contributed by atoms with Gasteiger partial charge in [0.15, 0.2) is 5.96 Å². The van der Waals surface area contributed by atoms with E-state index in [0.29, 0.717) is 6.04 Å². The molecule has 2 heterocycles. The lowest BCUT2D eigenvalue weighted by Crippen LogP contribution is -2.48. The Balaban J connectivity index is 1.78. The molecule has 1 aliphatic rings. The van der Waals surface area contributed by atoms with Gasteiger partial charge in [0.25, 0.3) is 0 Å². The molecule has 0 saturated carbocycles. The summed E-state index contributed by atoms with van der Waals surface area (Å²) in [6, 6.07) is 2.77. The molecule has 0 saturated heterocycles. The Kier molecular flexibility index (Phi) is 6.80. The molecule has 2 rings (SSSR count). The van der Waals surface area contributed by atoms with E-state index < -0.39 is 0 Å². The number of nitrogens with one attached hydrogen (secondary N) is 2. The van der Waals surface area contributed by atoms with Crippen LogP contribution in [0.4, 0.5) is 0 Å². The van der Waals surface area contributed by atoms with Crippen LogP contribution in [0.15, 0.2) is 16.4 Å². The van der Waals surface area contributed by atoms with Crippen molar-refractivity contribution in [3.63, 3.8) is 0 Å². The van der Waals surface area contributed by atoms with Gasteiger partial charge in [0.05, 0.1) is 0 Å². The van der Waals surface area contributed by atoms with E-state index in [1.54, 1.807) is 4.88 Å². The first-order chi connectivity index (χ1) is 10.9. The van der Waals surface area contributed by atoms with Crippen LogP contribution in [0.2, 0.25) is 0 Å². The number of aliphatic imine (C=N–C) groups is 1. The maximum absolute atomic E-state index is 4.34. The first kappa shape index (κ1) is 18.6. The molecule has 0 aromatic carbocycles. The number of hydrogen-bond donors (Lipinski definition) is 2. The molecule has 1 unspecified atom stereocenters. The molecular weight excluding hydrogens is 324 g/mol. The molecule has 0 aliphatic carbocycles. The summed E-state index contributed by atoms with van der Waals surface area (Å²) in [5.41, 5.74) is 1.51. The van der Waals surface area contributed by atoms with Crippen molar-refractivity contribution < 1.29 is 0 Å². The number of fused-ring (bicyclic) bond motifs is 1. The fraction of sp³-hybridized carbons (Fsp3) is 0.706. The molecule has 0 radical (unpaired) electrons. The molecule has 0 spiro atoms. The molecule has 1 aromatic heterocycles. The fourth-order valence-corrected chi connectivity index (χ4v) is 3.72. The van der Waals surface area contributed by atoms with Crippen LogP contribution < -0.4 is 10.6 Å². The Labute approximate surface area is 149 Å². The summed E-state index contributed by atoms with van der Waals surface area (Å²) in [6.07, 6.45) is 3.33. The largest absolute Gasteiger partial charge is 0.355 e. The van der Waals surface area contributed by atoms with Gasteiger partial charge in [0, 0.05) is 48.9 Å². The minimum absolute atomic E-state index is 0.214. The molecule has 2 N–H and O–H groups in total. The highest BCUT2D eigenvalue weighted by molar-refractivity contribution is 7.99. The lowest BCUT2D eigenvalue weighted by Gasteiger charge is -2.33. The third-order valence-corrected chi connectivity index (χ3v) is 6.76. The molecule has 0 fully saturated rings. The predicted molar refractivity (Wildman–Crippen MR) is 105 cm³/mol. The van der Waals surface area contributed by atoms with Crippen molar-refractivity contribution in [3.05, 3.63) is 21.9 Å². The molecule has 0 amide bonds. The van der Waals surface area contributed by atoms with Crippen LogP contribution in [-0.4, -0.2) is 54.6 Å². The van der Waals surface area contributed by atoms with E-state index in [0.717, 1.165) is 32.1 Å². The second-order valence-electron chi connectivity index (χ2n) is 6.71. The molecular formula is C17H30N4S2. The number of hydrogen-bond acceptors (Lipinski definition) is 4. The van der Waals surface area contributed by atoms with Gasteiger partial charge in [-0.25, -0.2) is 0 Å². The van der Waals surface area contributed by atoms with Crippen molar-refractivity contribution >= 4 is 29.1 Å². The highest BCUT2D eigenvalue weighted by Crippen LogP contribution is 2.25. The van der Waals surface area contributed by atoms with E-state index in [-0.39, 0.29) is 4.75 Å². The third-order valence-electron chi connectivity index (χ3n) is 4.48. The SMILES string of the molecule is CN=C(NCC(C)N1CCc2sccc2C1)NCC(C)(C)SC. The zero-order valence-corrected chi connectivity index (χ0v) is 16.6. The van der Waals surface area contributed by atoms with Crippen LogP contribution in [0, 0.1) is 0 Å². The number of rotatable bonds is 6. The Morgan fingerprint density at radius 3 is 2.96 bits per heavy atom. The van der Waals surface area contributed by atoms with E-state index in [4.69, 9.17) is 0 Å². The van der Waals surface area contributed by atoms with E-state index in [1.165, 1.54) is 12.0 Å². The maximum Gasteiger partial charge on any atom is 0.191 e. The lowest BCUT2D eigenvalue weighted by atomic mass is 10.1. The van der Waals surface area contributed by atoms with Crippen molar-refractivity contribution in [1.29, 1.82) is 0 Å². The molecule has 1 atom stereocenters. The summed E-state index contributed by atoms with van der Waals surface area (Å²) in [4.78, 5) is 8.46. The van der Waals surface area contributed by atoms with Gasteiger partial charge in [-0.1, -0.05) is 0 Å². The Morgan fingerprint density at radius 1 is 1.48 bits per heavy atom. The highest BCUT2D eigenvalue weighted by Gasteiger charge is 2.22. The summed E-state index contributed by atoms with van der Waals surface area (Å²) in [5, 5.41) is 9.12. The average Bonchev–Trinajstić information content (AvgIpc) is 3.02. The van der Waals surface area contributed by atoms with Crippen molar-refractivity contribution in [2.45, 2.75) is 44.5 Å². The van der Waals surface area contributed by atoms with Crippen LogP contribution in [-0.2, 0) is 13.0 Å². The maximum atomic E-state index is 4.34. The van der Waals surface area contributed by atoms with E-state index in [9.17, 15) is 0 Å². The molecule has 1 aromatic rings. The van der Waals surface area contributed by atoms with Gasteiger partial charge in [-0.2, -0.15) is 11.8 Å². The number of guanidine groups is 1. The molecule has 130 valence electrons. The minimum Gasteiger partial charge on any atom is -0.355 e. The summed E-state index contributed by atoms with van der Waals surface area (Å²) < 4.78 is 0.214. The van der Waals surface area contributed by atoms with Crippen LogP contribution in [0.5, 0.6) is 0 Å². The Morgan fingerprint density at radius 2 is 2.26 bits per heavy atom. The smallest absolute Gasteiger partial charge is 0.191 e. The first-order valence-corrected chi connectivity index (χ1v) is 10.3. The summed E-state index contributed by atoms with van der Waals surface area (Å²) in [5.74, 6) is 0.896. The zero-order chi connectivity index (χ0) is 16.9. The van der Waals surface area contributed by atoms with E-state index in [1.807, 2.05) is 30.1 Å². The van der Waals surface area contributed by atoms with Gasteiger partial charge in [-0.05, 0) is 50.5 Å². The zero-order valence-electron chi connectivity index (χ0n) is 15.0. The van der Waals surface area contributed by atoms with Gasteiger partial charge in [-0.15, -0.1) is 11.3 Å². The number of thioether (sulfide) groups is 1. The highest BCUT2D eigenvalue weighted by atomic mass is 32.2. The van der Waals surface area contributed by atoms with Crippen LogP contribution in [0.25, 0.3) is 0 Å². The van der Waals surface area contributed by atoms with Crippen LogP contribution in [0.1, 0.15) is 31.2 Å². The van der Waals surface area contributed by atoms with E-state index >= 15 is 0 Å². The third kappa shape index (κ3) is 5.40. The van der Waals surface area contributed by atoms with Crippen molar-refractivity contribution in [1.82, 2.24) is 15.5 Å². The van der Waals surface area contributed by atoms with Gasteiger partial charge in [-0.3, -0.25) is 9.89 Å².